The smallest absolute Gasteiger partial charge is 0.215 e. The second-order valence-electron chi connectivity index (χ2n) is 5.38. The van der Waals surface area contributed by atoms with Gasteiger partial charge < -0.3 is 9.64 Å². The second-order valence-corrected chi connectivity index (χ2v) is 5.38. The lowest BCUT2D eigenvalue weighted by Gasteiger charge is -2.19. The summed E-state index contributed by atoms with van der Waals surface area (Å²) in [6.45, 7) is 0. The Hall–Kier alpha value is -2.81. The van der Waals surface area contributed by atoms with Gasteiger partial charge in [0.25, 0.3) is 0 Å². The third kappa shape index (κ3) is 2.11. The highest BCUT2D eigenvalue weighted by molar-refractivity contribution is 5.74. The zero-order chi connectivity index (χ0) is 14.9. The molecule has 0 saturated carbocycles. The quantitative estimate of drug-likeness (QED) is 0.704. The number of benzene rings is 2. The molecule has 0 spiro atoms. The molecule has 3 heteroatoms. The van der Waals surface area contributed by atoms with Crippen LogP contribution in [0.15, 0.2) is 72.9 Å². The van der Waals surface area contributed by atoms with Crippen LogP contribution in [0.2, 0.25) is 0 Å². The number of hydrogen-bond donors (Lipinski definition) is 0. The summed E-state index contributed by atoms with van der Waals surface area (Å²) in [7, 11) is 2.04. The summed E-state index contributed by atoms with van der Waals surface area (Å²) in [5.41, 5.74) is 4.41. The van der Waals surface area contributed by atoms with Gasteiger partial charge in [0, 0.05) is 13.2 Å². The molecule has 108 valence electrons. The Bertz CT molecular complexity index is 787. The molecule has 1 unspecified atom stereocenters. The van der Waals surface area contributed by atoms with Gasteiger partial charge in [-0.1, -0.05) is 42.5 Å². The van der Waals surface area contributed by atoms with E-state index in [-0.39, 0.29) is 6.23 Å². The van der Waals surface area contributed by atoms with Crippen LogP contribution >= 0.6 is 0 Å². The summed E-state index contributed by atoms with van der Waals surface area (Å²) in [5, 5.41) is 0. The van der Waals surface area contributed by atoms with E-state index in [1.54, 1.807) is 6.20 Å². The Morgan fingerprint density at radius 2 is 1.73 bits per heavy atom. The summed E-state index contributed by atoms with van der Waals surface area (Å²) in [4.78, 5) is 6.54. The van der Waals surface area contributed by atoms with Gasteiger partial charge in [0.15, 0.2) is 0 Å². The number of anilines is 1. The summed E-state index contributed by atoms with van der Waals surface area (Å²) in [5.74, 6) is 0.901. The van der Waals surface area contributed by atoms with Crippen molar-refractivity contribution in [2.24, 2.45) is 0 Å². The van der Waals surface area contributed by atoms with Gasteiger partial charge in [-0.05, 0) is 35.4 Å². The Labute approximate surface area is 129 Å². The first-order chi connectivity index (χ1) is 10.8. The molecule has 0 radical (unpaired) electrons. The zero-order valence-electron chi connectivity index (χ0n) is 12.3. The molecule has 22 heavy (non-hydrogen) atoms. The van der Waals surface area contributed by atoms with E-state index in [4.69, 9.17) is 4.74 Å². The molecule has 3 aromatic rings. The van der Waals surface area contributed by atoms with Gasteiger partial charge in [-0.3, -0.25) is 4.98 Å². The molecule has 1 aromatic heterocycles. The van der Waals surface area contributed by atoms with Crippen LogP contribution in [0.5, 0.6) is 5.75 Å². The van der Waals surface area contributed by atoms with E-state index in [1.807, 2.05) is 37.4 Å². The summed E-state index contributed by atoms with van der Waals surface area (Å²) in [6.07, 6.45) is 1.63. The highest BCUT2D eigenvalue weighted by Gasteiger charge is 2.30. The van der Waals surface area contributed by atoms with Crippen LogP contribution in [0.1, 0.15) is 11.9 Å². The third-order valence-corrected chi connectivity index (χ3v) is 3.98. The second kappa shape index (κ2) is 5.19. The first-order valence-corrected chi connectivity index (χ1v) is 7.33. The number of ether oxygens (including phenoxy) is 1. The zero-order valence-corrected chi connectivity index (χ0v) is 12.3. The number of pyridine rings is 1. The van der Waals surface area contributed by atoms with Gasteiger partial charge in [0.05, 0.1) is 5.69 Å². The number of hydrogen-bond acceptors (Lipinski definition) is 3. The van der Waals surface area contributed by atoms with Crippen molar-refractivity contribution in [3.63, 3.8) is 0 Å². The van der Waals surface area contributed by atoms with E-state index in [2.05, 4.69) is 46.3 Å². The Kier molecular flexibility index (Phi) is 3.04. The number of fused-ring (bicyclic) bond motifs is 1. The van der Waals surface area contributed by atoms with Gasteiger partial charge in [-0.25, -0.2) is 0 Å². The van der Waals surface area contributed by atoms with Crippen LogP contribution in [-0.4, -0.2) is 12.0 Å². The lowest BCUT2D eigenvalue weighted by Crippen LogP contribution is -2.23. The molecule has 2 heterocycles. The number of rotatable bonds is 2. The molecule has 0 N–H and O–H groups in total. The van der Waals surface area contributed by atoms with Crippen molar-refractivity contribution < 1.29 is 4.74 Å². The Balaban J connectivity index is 1.71. The average molecular weight is 288 g/mol. The van der Waals surface area contributed by atoms with Crippen LogP contribution < -0.4 is 9.64 Å². The van der Waals surface area contributed by atoms with Gasteiger partial charge in [0.2, 0.25) is 6.23 Å². The molecule has 1 aliphatic heterocycles. The van der Waals surface area contributed by atoms with Crippen molar-refractivity contribution >= 4 is 5.69 Å². The molecule has 0 aliphatic carbocycles. The minimum absolute atomic E-state index is 0.165. The monoisotopic (exact) mass is 288 g/mol. The molecule has 3 nitrogen and oxygen atoms in total. The lowest BCUT2D eigenvalue weighted by molar-refractivity contribution is 0.230. The van der Waals surface area contributed by atoms with E-state index in [9.17, 15) is 0 Å². The fraction of sp³-hybridized carbons (Fsp3) is 0.105. The SMILES string of the molecule is CN1c2cc(-c3ccccc3)ccc2OC1c1ccccn1. The third-order valence-electron chi connectivity index (χ3n) is 3.98. The van der Waals surface area contributed by atoms with Crippen molar-refractivity contribution in [3.05, 3.63) is 78.6 Å². The number of aromatic nitrogens is 1. The maximum Gasteiger partial charge on any atom is 0.215 e. The van der Waals surface area contributed by atoms with Crippen LogP contribution in [0.25, 0.3) is 11.1 Å². The topological polar surface area (TPSA) is 25.4 Å². The predicted molar refractivity (Wildman–Crippen MR) is 87.9 cm³/mol. The normalized spacial score (nSPS) is 16.2. The molecular formula is C19H16N2O. The summed E-state index contributed by atoms with van der Waals surface area (Å²) < 4.78 is 6.06. The molecule has 0 amide bonds. The molecule has 4 rings (SSSR count). The fourth-order valence-electron chi connectivity index (χ4n) is 2.81. The molecular weight excluding hydrogens is 272 g/mol. The maximum atomic E-state index is 6.06. The first kappa shape index (κ1) is 12.9. The van der Waals surface area contributed by atoms with Crippen LogP contribution in [0, 0.1) is 0 Å². The predicted octanol–water partition coefficient (Wildman–Crippen LogP) is 4.28. The maximum absolute atomic E-state index is 6.06. The highest BCUT2D eigenvalue weighted by atomic mass is 16.5. The summed E-state index contributed by atoms with van der Waals surface area (Å²) >= 11 is 0. The fourth-order valence-corrected chi connectivity index (χ4v) is 2.81. The largest absolute Gasteiger partial charge is 0.462 e. The summed E-state index contributed by atoms with van der Waals surface area (Å²) in [6, 6.07) is 22.6. The minimum Gasteiger partial charge on any atom is -0.462 e. The van der Waals surface area contributed by atoms with E-state index >= 15 is 0 Å². The van der Waals surface area contributed by atoms with Crippen LogP contribution in [0.4, 0.5) is 5.69 Å². The van der Waals surface area contributed by atoms with Crippen molar-refractivity contribution in [1.82, 2.24) is 4.98 Å². The molecule has 1 atom stereocenters. The van der Waals surface area contributed by atoms with E-state index < -0.39 is 0 Å². The van der Waals surface area contributed by atoms with Crippen molar-refractivity contribution in [3.8, 4) is 16.9 Å². The van der Waals surface area contributed by atoms with Crippen molar-refractivity contribution in [2.45, 2.75) is 6.23 Å². The molecule has 2 aromatic carbocycles. The highest BCUT2D eigenvalue weighted by Crippen LogP contribution is 2.43. The minimum atomic E-state index is -0.165. The lowest BCUT2D eigenvalue weighted by atomic mass is 10.0. The van der Waals surface area contributed by atoms with Gasteiger partial charge in [-0.15, -0.1) is 0 Å². The Morgan fingerprint density at radius 1 is 0.909 bits per heavy atom. The van der Waals surface area contributed by atoms with Gasteiger partial charge in [-0.2, -0.15) is 0 Å². The van der Waals surface area contributed by atoms with Crippen molar-refractivity contribution in [1.29, 1.82) is 0 Å². The molecule has 0 saturated heterocycles. The van der Waals surface area contributed by atoms with Gasteiger partial charge >= 0.3 is 0 Å². The van der Waals surface area contributed by atoms with E-state index in [0.717, 1.165) is 17.1 Å². The molecule has 0 fully saturated rings. The van der Waals surface area contributed by atoms with Crippen molar-refractivity contribution in [2.75, 3.05) is 11.9 Å². The van der Waals surface area contributed by atoms with E-state index in [0.29, 0.717) is 0 Å². The van der Waals surface area contributed by atoms with E-state index in [1.165, 1.54) is 11.1 Å². The Morgan fingerprint density at radius 3 is 2.50 bits per heavy atom. The number of nitrogens with zero attached hydrogens (tertiary/aromatic N) is 2. The first-order valence-electron chi connectivity index (χ1n) is 7.33. The van der Waals surface area contributed by atoms with Crippen LogP contribution in [-0.2, 0) is 0 Å². The molecule has 0 bridgehead atoms. The standard InChI is InChI=1S/C19H16N2O/c1-21-17-13-15(14-7-3-2-4-8-14)10-11-18(17)22-19(21)16-9-5-6-12-20-16/h2-13,19H,1H3. The average Bonchev–Trinajstić information content (AvgIpc) is 2.93. The van der Waals surface area contributed by atoms with Crippen LogP contribution in [0.3, 0.4) is 0 Å². The molecule has 1 aliphatic rings. The van der Waals surface area contributed by atoms with Gasteiger partial charge in [0.1, 0.15) is 11.4 Å².